The van der Waals surface area contributed by atoms with Crippen molar-refractivity contribution >= 4 is 17.6 Å². The van der Waals surface area contributed by atoms with Crippen molar-refractivity contribution in [1.29, 1.82) is 0 Å². The highest BCUT2D eigenvalue weighted by Gasteiger charge is 2.05. The van der Waals surface area contributed by atoms with Gasteiger partial charge in [0.1, 0.15) is 0 Å². The lowest BCUT2D eigenvalue weighted by Crippen LogP contribution is -2.30. The minimum atomic E-state index is -0.255. The third-order valence-electron chi connectivity index (χ3n) is 2.52. The molecule has 0 radical (unpaired) electrons. The number of aryl methyl sites for hydroxylation is 1. The van der Waals surface area contributed by atoms with Gasteiger partial charge in [-0.3, -0.25) is 9.59 Å². The first-order valence-electron chi connectivity index (χ1n) is 6.35. The summed E-state index contributed by atoms with van der Waals surface area (Å²) in [5.41, 5.74) is 1.82. The fourth-order valence-corrected chi connectivity index (χ4v) is 1.53. The van der Waals surface area contributed by atoms with Crippen LogP contribution in [0.1, 0.15) is 18.9 Å². The van der Waals surface area contributed by atoms with Crippen molar-refractivity contribution in [2.45, 2.75) is 20.3 Å². The molecule has 1 aromatic rings. The number of nitrogens with one attached hydrogen (secondary N) is 2. The molecule has 0 atom stereocenters. The summed E-state index contributed by atoms with van der Waals surface area (Å²) in [7, 11) is 0. The predicted octanol–water partition coefficient (Wildman–Crippen LogP) is 1.48. The van der Waals surface area contributed by atoms with Crippen LogP contribution in [0.15, 0.2) is 24.3 Å². The van der Waals surface area contributed by atoms with E-state index in [4.69, 9.17) is 4.74 Å². The molecular formula is C14H20N2O3. The van der Waals surface area contributed by atoms with Crippen molar-refractivity contribution in [3.63, 3.8) is 0 Å². The second kappa shape index (κ2) is 8.26. The maximum Gasteiger partial charge on any atom is 0.307 e. The molecule has 5 heteroatoms. The zero-order valence-electron chi connectivity index (χ0n) is 11.4. The molecule has 0 spiro atoms. The van der Waals surface area contributed by atoms with Crippen LogP contribution in [0.3, 0.4) is 0 Å². The molecule has 5 nitrogen and oxygen atoms in total. The number of carbonyl (C=O) groups excluding carboxylic acids is 2. The number of anilines is 1. The lowest BCUT2D eigenvalue weighted by Gasteiger charge is -2.08. The van der Waals surface area contributed by atoms with Crippen molar-refractivity contribution in [3.05, 3.63) is 29.8 Å². The van der Waals surface area contributed by atoms with E-state index in [0.29, 0.717) is 13.2 Å². The van der Waals surface area contributed by atoms with Crippen LogP contribution in [0.4, 0.5) is 5.69 Å². The number of hydrogen-bond acceptors (Lipinski definition) is 4. The summed E-state index contributed by atoms with van der Waals surface area (Å²) in [6, 6.07) is 7.58. The summed E-state index contributed by atoms with van der Waals surface area (Å²) in [6.07, 6.45) is 0.269. The Morgan fingerprint density at radius 3 is 2.68 bits per heavy atom. The fourth-order valence-electron chi connectivity index (χ4n) is 1.53. The van der Waals surface area contributed by atoms with E-state index >= 15 is 0 Å². The van der Waals surface area contributed by atoms with E-state index < -0.39 is 0 Å². The predicted molar refractivity (Wildman–Crippen MR) is 73.9 cm³/mol. The molecule has 0 fully saturated rings. The molecule has 0 aliphatic carbocycles. The first-order valence-corrected chi connectivity index (χ1v) is 6.35. The largest absolute Gasteiger partial charge is 0.466 e. The van der Waals surface area contributed by atoms with Crippen LogP contribution >= 0.6 is 0 Å². The van der Waals surface area contributed by atoms with E-state index in [2.05, 4.69) is 10.6 Å². The van der Waals surface area contributed by atoms with Crippen LogP contribution in [0.2, 0.25) is 0 Å². The number of esters is 1. The van der Waals surface area contributed by atoms with Gasteiger partial charge in [0.05, 0.1) is 19.6 Å². The average molecular weight is 264 g/mol. The molecule has 0 saturated carbocycles. The normalized spacial score (nSPS) is 10.0. The van der Waals surface area contributed by atoms with E-state index in [0.717, 1.165) is 11.3 Å². The summed E-state index contributed by atoms with van der Waals surface area (Å²) in [5, 5.41) is 5.71. The van der Waals surface area contributed by atoms with Gasteiger partial charge in [-0.25, -0.2) is 0 Å². The Bertz CT molecular complexity index is 432. The van der Waals surface area contributed by atoms with Gasteiger partial charge in [-0.05, 0) is 25.5 Å². The Hall–Kier alpha value is -1.88. The average Bonchev–Trinajstić information content (AvgIpc) is 2.38. The first-order chi connectivity index (χ1) is 9.13. The van der Waals surface area contributed by atoms with Gasteiger partial charge >= 0.3 is 5.97 Å². The van der Waals surface area contributed by atoms with Crippen LogP contribution in [-0.4, -0.2) is 31.6 Å². The van der Waals surface area contributed by atoms with Crippen molar-refractivity contribution in [1.82, 2.24) is 5.32 Å². The van der Waals surface area contributed by atoms with Crippen LogP contribution < -0.4 is 10.6 Å². The summed E-state index contributed by atoms with van der Waals surface area (Å²) < 4.78 is 4.78. The van der Waals surface area contributed by atoms with Crippen molar-refractivity contribution in [2.24, 2.45) is 0 Å². The van der Waals surface area contributed by atoms with Crippen molar-refractivity contribution in [2.75, 3.05) is 25.0 Å². The minimum absolute atomic E-state index is 0.127. The molecule has 0 saturated heterocycles. The zero-order chi connectivity index (χ0) is 14.1. The summed E-state index contributed by atoms with van der Waals surface area (Å²) in [6.45, 7) is 4.69. The first kappa shape index (κ1) is 15.2. The highest BCUT2D eigenvalue weighted by molar-refractivity contribution is 5.92. The van der Waals surface area contributed by atoms with Gasteiger partial charge in [-0.1, -0.05) is 18.2 Å². The molecule has 0 aromatic heterocycles. The summed E-state index contributed by atoms with van der Waals surface area (Å²) in [5.74, 6) is -0.382. The van der Waals surface area contributed by atoms with Crippen LogP contribution in [0.5, 0.6) is 0 Å². The molecule has 0 heterocycles. The minimum Gasteiger partial charge on any atom is -0.466 e. The van der Waals surface area contributed by atoms with E-state index in [1.165, 1.54) is 0 Å². The van der Waals surface area contributed by atoms with Gasteiger partial charge in [0.25, 0.3) is 0 Å². The molecule has 19 heavy (non-hydrogen) atoms. The number of rotatable bonds is 7. The van der Waals surface area contributed by atoms with Gasteiger partial charge < -0.3 is 15.4 Å². The fraction of sp³-hybridized carbons (Fsp3) is 0.429. The van der Waals surface area contributed by atoms with Crippen molar-refractivity contribution in [3.8, 4) is 0 Å². The standard InChI is InChI=1S/C14H20N2O3/c1-3-19-14(18)8-9-15-10-13(17)16-12-7-5-4-6-11(12)2/h4-7,15H,3,8-10H2,1-2H3,(H,16,17). The molecule has 0 unspecified atom stereocenters. The number of ether oxygens (including phenoxy) is 1. The number of para-hydroxylation sites is 1. The molecule has 1 amide bonds. The van der Waals surface area contributed by atoms with E-state index in [1.807, 2.05) is 31.2 Å². The molecule has 0 bridgehead atoms. The topological polar surface area (TPSA) is 67.4 Å². The number of carbonyl (C=O) groups is 2. The molecule has 2 N–H and O–H groups in total. The molecule has 104 valence electrons. The van der Waals surface area contributed by atoms with Gasteiger partial charge in [0.15, 0.2) is 0 Å². The Labute approximate surface area is 113 Å². The van der Waals surface area contributed by atoms with E-state index in [1.54, 1.807) is 6.92 Å². The third kappa shape index (κ3) is 6.01. The zero-order valence-corrected chi connectivity index (χ0v) is 11.4. The summed E-state index contributed by atoms with van der Waals surface area (Å²) in [4.78, 5) is 22.7. The van der Waals surface area contributed by atoms with Gasteiger partial charge in [0.2, 0.25) is 5.91 Å². The monoisotopic (exact) mass is 264 g/mol. The Balaban J connectivity index is 2.22. The van der Waals surface area contributed by atoms with Crippen LogP contribution in [-0.2, 0) is 14.3 Å². The van der Waals surface area contributed by atoms with Gasteiger partial charge in [-0.2, -0.15) is 0 Å². The SMILES string of the molecule is CCOC(=O)CCNCC(=O)Nc1ccccc1C. The second-order valence-corrected chi connectivity index (χ2v) is 4.09. The lowest BCUT2D eigenvalue weighted by atomic mass is 10.2. The maximum atomic E-state index is 11.6. The van der Waals surface area contributed by atoms with E-state index in [9.17, 15) is 9.59 Å². The molecule has 1 aromatic carbocycles. The number of benzene rings is 1. The molecule has 0 aliphatic rings. The molecule has 0 aliphatic heterocycles. The van der Waals surface area contributed by atoms with Crippen molar-refractivity contribution < 1.29 is 14.3 Å². The van der Waals surface area contributed by atoms with Crippen LogP contribution in [0.25, 0.3) is 0 Å². The molecular weight excluding hydrogens is 244 g/mol. The van der Waals surface area contributed by atoms with Crippen LogP contribution in [0, 0.1) is 6.92 Å². The number of amides is 1. The lowest BCUT2D eigenvalue weighted by molar-refractivity contribution is -0.143. The molecule has 1 rings (SSSR count). The maximum absolute atomic E-state index is 11.6. The smallest absolute Gasteiger partial charge is 0.307 e. The van der Waals surface area contributed by atoms with Gasteiger partial charge in [-0.15, -0.1) is 0 Å². The van der Waals surface area contributed by atoms with Gasteiger partial charge in [0, 0.05) is 12.2 Å². The highest BCUT2D eigenvalue weighted by Crippen LogP contribution is 2.12. The third-order valence-corrected chi connectivity index (χ3v) is 2.52. The quantitative estimate of drug-likeness (QED) is 0.578. The van der Waals surface area contributed by atoms with E-state index in [-0.39, 0.29) is 24.8 Å². The second-order valence-electron chi connectivity index (χ2n) is 4.09. The summed E-state index contributed by atoms with van der Waals surface area (Å²) >= 11 is 0. The Morgan fingerprint density at radius 1 is 1.26 bits per heavy atom. The Morgan fingerprint density at radius 2 is 2.00 bits per heavy atom. The number of hydrogen-bond donors (Lipinski definition) is 2. The Kier molecular flexibility index (Phi) is 6.60. The highest BCUT2D eigenvalue weighted by atomic mass is 16.5.